The summed E-state index contributed by atoms with van der Waals surface area (Å²) < 4.78 is 13.6. The van der Waals surface area contributed by atoms with Crippen LogP contribution in [0.2, 0.25) is 0 Å². The van der Waals surface area contributed by atoms with Crippen LogP contribution in [0.3, 0.4) is 0 Å². The largest absolute Gasteiger partial charge is 0.448 e. The van der Waals surface area contributed by atoms with Gasteiger partial charge in [-0.25, -0.2) is 0 Å². The molecule has 204 valence electrons. The van der Waals surface area contributed by atoms with Crippen molar-refractivity contribution in [2.75, 3.05) is 27.2 Å². The van der Waals surface area contributed by atoms with E-state index in [-0.39, 0.29) is 11.7 Å². The van der Waals surface area contributed by atoms with Crippen LogP contribution < -0.4 is 9.47 Å². The van der Waals surface area contributed by atoms with Crippen LogP contribution in [0.25, 0.3) is 0 Å². The smallest absolute Gasteiger partial charge is 0.254 e. The number of hydrogen-bond donors (Lipinski definition) is 0. The van der Waals surface area contributed by atoms with Crippen molar-refractivity contribution < 1.29 is 19.1 Å². The number of hydrogen-bond acceptors (Lipinski definition) is 5. The predicted octanol–water partition coefficient (Wildman–Crippen LogP) is 5.71. The highest BCUT2D eigenvalue weighted by atomic mass is 16.7. The van der Waals surface area contributed by atoms with E-state index < -0.39 is 5.79 Å². The molecule has 1 atom stereocenters. The standard InChI is InChI=1S/C32H42N2O4/c1-18-15-19(2)25(26(35)16-18)17-34-14-13-24-27(31(34)36)20(3)29-30(28(24)21-7-8-21)38-32(4,37-29)22-9-11-23(12-10-22)33(5)6/h15,21-23H,7-14,16-17H2,1-6H3. The average molecular weight is 519 g/mol. The van der Waals surface area contributed by atoms with Crippen molar-refractivity contribution in [2.45, 2.75) is 96.8 Å². The number of amides is 1. The van der Waals surface area contributed by atoms with Crippen LogP contribution in [0.5, 0.6) is 11.5 Å². The molecule has 2 fully saturated rings. The summed E-state index contributed by atoms with van der Waals surface area (Å²) in [6.07, 6.45) is 10.1. The van der Waals surface area contributed by atoms with Gasteiger partial charge in [-0.15, -0.1) is 0 Å². The van der Waals surface area contributed by atoms with Crippen LogP contribution in [-0.4, -0.2) is 60.5 Å². The number of Topliss-reactive ketones (excluding diaryl/α,β-unsaturated/α-hetero) is 1. The van der Waals surface area contributed by atoms with Crippen molar-refractivity contribution in [2.24, 2.45) is 5.92 Å². The summed E-state index contributed by atoms with van der Waals surface area (Å²) in [4.78, 5) is 31.0. The summed E-state index contributed by atoms with van der Waals surface area (Å²) in [6.45, 7) is 9.12. The predicted molar refractivity (Wildman–Crippen MR) is 148 cm³/mol. The summed E-state index contributed by atoms with van der Waals surface area (Å²) in [5, 5.41) is 0. The van der Waals surface area contributed by atoms with Crippen molar-refractivity contribution in [1.82, 2.24) is 9.80 Å². The van der Waals surface area contributed by atoms with Gasteiger partial charge in [0.2, 0.25) is 0 Å². The van der Waals surface area contributed by atoms with Gasteiger partial charge in [-0.2, -0.15) is 0 Å². The van der Waals surface area contributed by atoms with Gasteiger partial charge in [0.15, 0.2) is 17.3 Å². The summed E-state index contributed by atoms with van der Waals surface area (Å²) in [5.41, 5.74) is 6.91. The molecule has 2 saturated carbocycles. The quantitative estimate of drug-likeness (QED) is 0.499. The topological polar surface area (TPSA) is 59.1 Å². The number of rotatable bonds is 5. The molecule has 1 amide bonds. The molecule has 0 saturated heterocycles. The lowest BCUT2D eigenvalue weighted by atomic mass is 9.81. The Morgan fingerprint density at radius 1 is 1.00 bits per heavy atom. The monoisotopic (exact) mass is 518 g/mol. The van der Waals surface area contributed by atoms with Crippen LogP contribution >= 0.6 is 0 Å². The number of fused-ring (bicyclic) bond motifs is 2. The summed E-state index contributed by atoms with van der Waals surface area (Å²) in [5.74, 6) is 1.93. The Labute approximate surface area is 227 Å². The molecule has 0 radical (unpaired) electrons. The third kappa shape index (κ3) is 4.20. The van der Waals surface area contributed by atoms with Gasteiger partial charge in [0, 0.05) is 60.7 Å². The first-order chi connectivity index (χ1) is 18.1. The van der Waals surface area contributed by atoms with Gasteiger partial charge in [-0.3, -0.25) is 9.59 Å². The fourth-order valence-electron chi connectivity index (χ4n) is 7.34. The zero-order valence-electron chi connectivity index (χ0n) is 23.9. The van der Waals surface area contributed by atoms with Crippen molar-refractivity contribution in [3.63, 3.8) is 0 Å². The molecule has 0 aromatic heterocycles. The molecule has 6 nitrogen and oxygen atoms in total. The Bertz CT molecular complexity index is 1260. The van der Waals surface area contributed by atoms with E-state index in [1.54, 1.807) is 0 Å². The third-order valence-electron chi connectivity index (χ3n) is 9.75. The summed E-state index contributed by atoms with van der Waals surface area (Å²) in [6, 6.07) is 0.618. The molecule has 6 heteroatoms. The van der Waals surface area contributed by atoms with Crippen molar-refractivity contribution >= 4 is 11.7 Å². The second-order valence-corrected chi connectivity index (χ2v) is 12.7. The van der Waals surface area contributed by atoms with Crippen LogP contribution in [0.15, 0.2) is 22.8 Å². The van der Waals surface area contributed by atoms with E-state index >= 15 is 0 Å². The zero-order valence-corrected chi connectivity index (χ0v) is 23.9. The number of carbonyl (C=O) groups excluding carboxylic acids is 2. The fourth-order valence-corrected chi connectivity index (χ4v) is 7.34. The molecule has 1 aromatic rings. The molecule has 2 heterocycles. The fraction of sp³-hybridized carbons (Fsp3) is 0.625. The highest BCUT2D eigenvalue weighted by Gasteiger charge is 2.50. The highest BCUT2D eigenvalue weighted by Crippen LogP contribution is 2.57. The molecule has 0 bridgehead atoms. The van der Waals surface area contributed by atoms with Gasteiger partial charge in [0.1, 0.15) is 0 Å². The first-order valence-corrected chi connectivity index (χ1v) is 14.5. The van der Waals surface area contributed by atoms with Crippen molar-refractivity contribution in [3.8, 4) is 11.5 Å². The molecule has 3 aliphatic carbocycles. The lowest BCUT2D eigenvalue weighted by Gasteiger charge is -2.39. The first-order valence-electron chi connectivity index (χ1n) is 14.5. The number of allylic oxidation sites excluding steroid dienone is 3. The normalized spacial score (nSPS) is 29.2. The van der Waals surface area contributed by atoms with Gasteiger partial charge >= 0.3 is 0 Å². The first kappa shape index (κ1) is 25.7. The average Bonchev–Trinajstić information content (AvgIpc) is 3.63. The maximum absolute atomic E-state index is 14.0. The Hall–Kier alpha value is -2.60. The molecular weight excluding hydrogens is 476 g/mol. The molecular formula is C32H42N2O4. The third-order valence-corrected chi connectivity index (χ3v) is 9.75. The number of nitrogens with zero attached hydrogens (tertiary/aromatic N) is 2. The van der Waals surface area contributed by atoms with Gasteiger partial charge in [0.05, 0.1) is 0 Å². The molecule has 1 unspecified atom stereocenters. The Kier molecular flexibility index (Phi) is 6.25. The SMILES string of the molecule is CC1=CC(C)=C(CN2CCc3c(c(C)c4c(c3C3CC3)OC(C)(C3CCC(N(C)C)CC3)O4)C2=O)C(=O)C1. The maximum Gasteiger partial charge on any atom is 0.254 e. The Balaban J connectivity index is 1.32. The molecule has 2 aliphatic heterocycles. The van der Waals surface area contributed by atoms with E-state index in [2.05, 4.69) is 32.0 Å². The maximum atomic E-state index is 14.0. The van der Waals surface area contributed by atoms with Crippen molar-refractivity contribution in [1.29, 1.82) is 0 Å². The number of ketones is 1. The molecule has 0 N–H and O–H groups in total. The minimum absolute atomic E-state index is 0.0246. The molecule has 5 aliphatic rings. The molecule has 1 aromatic carbocycles. The lowest BCUT2D eigenvalue weighted by Crippen LogP contribution is -2.46. The van der Waals surface area contributed by atoms with Gasteiger partial charge in [0.25, 0.3) is 11.7 Å². The highest BCUT2D eigenvalue weighted by molar-refractivity contribution is 6.03. The Morgan fingerprint density at radius 3 is 2.32 bits per heavy atom. The zero-order chi connectivity index (χ0) is 26.9. The number of ether oxygens (including phenoxy) is 2. The van der Waals surface area contributed by atoms with Gasteiger partial charge in [-0.05, 0) is 96.9 Å². The second kappa shape index (κ2) is 9.25. The van der Waals surface area contributed by atoms with Crippen molar-refractivity contribution in [3.05, 3.63) is 45.0 Å². The van der Waals surface area contributed by atoms with Crippen LogP contribution in [0, 0.1) is 12.8 Å². The van der Waals surface area contributed by atoms with E-state index in [1.165, 1.54) is 5.56 Å². The van der Waals surface area contributed by atoms with E-state index in [0.29, 0.717) is 37.4 Å². The summed E-state index contributed by atoms with van der Waals surface area (Å²) in [7, 11) is 4.34. The minimum Gasteiger partial charge on any atom is -0.448 e. The van der Waals surface area contributed by atoms with Crippen LogP contribution in [-0.2, 0) is 11.2 Å². The van der Waals surface area contributed by atoms with Gasteiger partial charge in [-0.1, -0.05) is 11.6 Å². The summed E-state index contributed by atoms with van der Waals surface area (Å²) >= 11 is 0. The van der Waals surface area contributed by atoms with E-state index in [1.807, 2.05) is 25.7 Å². The molecule has 0 spiro atoms. The Morgan fingerprint density at radius 2 is 1.68 bits per heavy atom. The van der Waals surface area contributed by atoms with Crippen LogP contribution in [0.1, 0.15) is 98.7 Å². The number of carbonyl (C=O) groups is 2. The van der Waals surface area contributed by atoms with E-state index in [4.69, 9.17) is 9.47 Å². The second-order valence-electron chi connectivity index (χ2n) is 12.7. The van der Waals surface area contributed by atoms with E-state index in [0.717, 1.165) is 89.9 Å². The molecule has 38 heavy (non-hydrogen) atoms. The minimum atomic E-state index is -0.693. The van der Waals surface area contributed by atoms with E-state index in [9.17, 15) is 9.59 Å². The van der Waals surface area contributed by atoms with Crippen LogP contribution in [0.4, 0.5) is 0 Å². The molecule has 6 rings (SSSR count). The lowest BCUT2D eigenvalue weighted by molar-refractivity contribution is -0.123. The number of benzene rings is 1. The van der Waals surface area contributed by atoms with Gasteiger partial charge < -0.3 is 19.3 Å².